The lowest BCUT2D eigenvalue weighted by atomic mass is 10.6. The molecule has 0 fully saturated rings. The fourth-order valence-corrected chi connectivity index (χ4v) is 11.0. The molecule has 0 atom stereocenters. The normalized spacial score (nSPS) is 12.9. The lowest BCUT2D eigenvalue weighted by Crippen LogP contribution is -2.47. The number of hydrogen-bond acceptors (Lipinski definition) is 10. The maximum Gasteiger partial charge on any atom is 0.501 e. The van der Waals surface area contributed by atoms with E-state index in [2.05, 4.69) is 9.80 Å². The van der Waals surface area contributed by atoms with Crippen LogP contribution in [0.5, 0.6) is 0 Å². The summed E-state index contributed by atoms with van der Waals surface area (Å²) in [7, 11) is 6.81. The summed E-state index contributed by atoms with van der Waals surface area (Å²) in [5, 5.41) is 0. The summed E-state index contributed by atoms with van der Waals surface area (Å²) in [6.07, 6.45) is 2.05. The van der Waals surface area contributed by atoms with Gasteiger partial charge in [-0.15, -0.1) is 0 Å². The van der Waals surface area contributed by atoms with Gasteiger partial charge in [-0.3, -0.25) is 0 Å². The molecule has 0 rings (SSSR count). The maximum atomic E-state index is 6.19. The largest absolute Gasteiger partial charge is 0.501 e. The third kappa shape index (κ3) is 17.3. The van der Waals surface area contributed by atoms with Crippen molar-refractivity contribution in [2.24, 2.45) is 0 Å². The molecule has 0 amide bonds. The van der Waals surface area contributed by atoms with Crippen molar-refractivity contribution < 1.29 is 26.6 Å². The Morgan fingerprint density at radius 3 is 1.12 bits per heavy atom. The average molecular weight is 561 g/mol. The van der Waals surface area contributed by atoms with Gasteiger partial charge in [-0.1, -0.05) is 21.6 Å². The van der Waals surface area contributed by atoms with Crippen molar-refractivity contribution >= 4 is 39.2 Å². The van der Waals surface area contributed by atoms with Crippen LogP contribution in [0, 0.1) is 0 Å². The molecule has 0 radical (unpaired) electrons. The van der Waals surface area contributed by atoms with Gasteiger partial charge in [-0.2, -0.15) is 0 Å². The summed E-state index contributed by atoms with van der Waals surface area (Å²) in [6, 6.07) is 1.72. The molecule has 34 heavy (non-hydrogen) atoms. The van der Waals surface area contributed by atoms with Crippen LogP contribution in [0.25, 0.3) is 0 Å². The number of hydrogen-bond donors (Lipinski definition) is 0. The van der Waals surface area contributed by atoms with E-state index in [1.807, 2.05) is 77.5 Å². The summed E-state index contributed by atoms with van der Waals surface area (Å²) in [6.45, 7) is 13.6. The molecule has 0 aromatic heterocycles. The van der Waals surface area contributed by atoms with Gasteiger partial charge in [0.15, 0.2) is 0 Å². The molecule has 0 unspecified atom stereocenters. The lowest BCUT2D eigenvalue weighted by Gasteiger charge is -2.29. The molecule has 0 N–H and O–H groups in total. The van der Waals surface area contributed by atoms with Crippen LogP contribution in [-0.4, -0.2) is 120 Å². The van der Waals surface area contributed by atoms with Crippen molar-refractivity contribution in [1.29, 1.82) is 0 Å². The minimum atomic E-state index is -2.60. The fourth-order valence-electron chi connectivity index (χ4n) is 3.14. The Bertz CT molecular complexity index is 419. The first kappa shape index (κ1) is 34.8. The topological polar surface area (TPSA) is 61.9 Å². The van der Waals surface area contributed by atoms with E-state index in [-0.39, 0.29) is 0 Å². The molecule has 12 heteroatoms. The van der Waals surface area contributed by atoms with Crippen molar-refractivity contribution in [1.82, 2.24) is 9.80 Å². The summed E-state index contributed by atoms with van der Waals surface area (Å²) < 4.78 is 36.6. The van der Waals surface area contributed by atoms with Crippen molar-refractivity contribution in [3.8, 4) is 0 Å². The van der Waals surface area contributed by atoms with E-state index >= 15 is 0 Å². The van der Waals surface area contributed by atoms with Crippen LogP contribution in [-0.2, 0) is 26.6 Å². The molecular formula is C22H52N2O6S2Si2. The predicted molar refractivity (Wildman–Crippen MR) is 151 cm³/mol. The quantitative estimate of drug-likeness (QED) is 0.0916. The highest BCUT2D eigenvalue weighted by molar-refractivity contribution is 8.76. The van der Waals surface area contributed by atoms with Crippen molar-refractivity contribution in [2.75, 3.05) is 92.4 Å². The van der Waals surface area contributed by atoms with E-state index in [9.17, 15) is 0 Å². The first-order valence-electron chi connectivity index (χ1n) is 12.7. The fraction of sp³-hybridized carbons (Fsp3) is 1.00. The summed E-state index contributed by atoms with van der Waals surface area (Å²) in [5.41, 5.74) is 0. The number of likely N-dealkylation sites (N-methyl/N-ethyl adjacent to an activating group) is 2. The minimum absolute atomic E-state index is 0.623. The zero-order valence-corrected chi connectivity index (χ0v) is 26.7. The highest BCUT2D eigenvalue weighted by Gasteiger charge is 2.41. The van der Waals surface area contributed by atoms with Gasteiger partial charge in [0.2, 0.25) is 0 Å². The van der Waals surface area contributed by atoms with Gasteiger partial charge < -0.3 is 36.4 Å². The zero-order chi connectivity index (χ0) is 25.7. The number of nitrogens with zero attached hydrogens (tertiary/aromatic N) is 2. The summed E-state index contributed by atoms with van der Waals surface area (Å²) in [5.74, 6) is 2.10. The molecule has 0 aliphatic heterocycles. The molecule has 0 heterocycles. The van der Waals surface area contributed by atoms with Gasteiger partial charge in [0.25, 0.3) is 0 Å². The smallest absolute Gasteiger partial charge is 0.374 e. The third-order valence-corrected chi connectivity index (χ3v) is 13.4. The molecule has 0 aliphatic carbocycles. The molecule has 206 valence electrons. The van der Waals surface area contributed by atoms with Crippen LogP contribution >= 0.6 is 21.6 Å². The van der Waals surface area contributed by atoms with E-state index in [4.69, 9.17) is 26.6 Å². The molecular weight excluding hydrogens is 509 g/mol. The van der Waals surface area contributed by atoms with Gasteiger partial charge in [-0.25, -0.2) is 0 Å². The molecule has 0 saturated carbocycles. The van der Waals surface area contributed by atoms with Gasteiger partial charge in [0, 0.05) is 63.1 Å². The maximum absolute atomic E-state index is 6.19. The molecule has 0 aromatic rings. The molecule has 0 aliphatic rings. The Kier molecular flexibility index (Phi) is 22.4. The van der Waals surface area contributed by atoms with E-state index in [1.165, 1.54) is 0 Å². The molecule has 8 nitrogen and oxygen atoms in total. The Balaban J connectivity index is 4.40. The Morgan fingerprint density at radius 2 is 0.853 bits per heavy atom. The highest BCUT2D eigenvalue weighted by Crippen LogP contribution is 2.28. The molecule has 0 spiro atoms. The average Bonchev–Trinajstić information content (AvgIpc) is 2.76. The second kappa shape index (κ2) is 21.9. The van der Waals surface area contributed by atoms with Crippen LogP contribution in [0.4, 0.5) is 0 Å². The Morgan fingerprint density at radius 1 is 0.529 bits per heavy atom. The van der Waals surface area contributed by atoms with Crippen LogP contribution < -0.4 is 0 Å². The predicted octanol–water partition coefficient (Wildman–Crippen LogP) is 4.33. The van der Waals surface area contributed by atoms with Crippen LogP contribution in [0.2, 0.25) is 12.1 Å². The van der Waals surface area contributed by atoms with Crippen LogP contribution in [0.1, 0.15) is 40.5 Å². The van der Waals surface area contributed by atoms with Crippen LogP contribution in [0.15, 0.2) is 0 Å². The SMILES string of the molecule is CCO[Si](CCCSSCCC[Si](OCC)(OCC)OCCN(C)C)(OCC)OCCN(C)C. The monoisotopic (exact) mass is 560 g/mol. The van der Waals surface area contributed by atoms with Gasteiger partial charge in [-0.05, 0) is 68.7 Å². The van der Waals surface area contributed by atoms with Crippen molar-refractivity contribution in [2.45, 2.75) is 52.6 Å². The van der Waals surface area contributed by atoms with Crippen LogP contribution in [0.3, 0.4) is 0 Å². The second-order valence-corrected chi connectivity index (χ2v) is 16.4. The van der Waals surface area contributed by atoms with E-state index < -0.39 is 17.6 Å². The summed E-state index contributed by atoms with van der Waals surface area (Å²) >= 11 is 0. The zero-order valence-electron chi connectivity index (χ0n) is 23.1. The van der Waals surface area contributed by atoms with Crippen molar-refractivity contribution in [3.63, 3.8) is 0 Å². The van der Waals surface area contributed by atoms with E-state index in [0.717, 1.165) is 49.5 Å². The van der Waals surface area contributed by atoms with E-state index in [1.54, 1.807) is 0 Å². The van der Waals surface area contributed by atoms with Gasteiger partial charge in [0.1, 0.15) is 0 Å². The second-order valence-electron chi connectivity index (χ2n) is 8.25. The molecule has 0 saturated heterocycles. The first-order chi connectivity index (χ1) is 16.3. The Labute approximate surface area is 220 Å². The van der Waals surface area contributed by atoms with Gasteiger partial charge in [0.05, 0.1) is 13.2 Å². The highest BCUT2D eigenvalue weighted by atomic mass is 33.1. The number of rotatable bonds is 25. The molecule has 0 bridgehead atoms. The van der Waals surface area contributed by atoms with Crippen molar-refractivity contribution in [3.05, 3.63) is 0 Å². The lowest BCUT2D eigenvalue weighted by molar-refractivity contribution is 0.0615. The third-order valence-electron chi connectivity index (χ3n) is 4.68. The first-order valence-corrected chi connectivity index (χ1v) is 19.0. The minimum Gasteiger partial charge on any atom is -0.374 e. The summed E-state index contributed by atoms with van der Waals surface area (Å²) in [4.78, 5) is 4.23. The Hall–Kier alpha value is 0.814. The van der Waals surface area contributed by atoms with E-state index in [0.29, 0.717) is 39.6 Å². The van der Waals surface area contributed by atoms with Gasteiger partial charge >= 0.3 is 17.6 Å². The standard InChI is InChI=1S/C22H52N2O6S2Si2/c1-9-25-33(26-10-2,29-17-15-23(5)6)21-13-19-31-32-20-14-22-34(27-11-3,28-12-4)30-18-16-24(7)8/h9-22H2,1-8H3. The molecule has 0 aromatic carbocycles.